The maximum atomic E-state index is 11.6. The second-order valence-corrected chi connectivity index (χ2v) is 7.35. The van der Waals surface area contributed by atoms with Crippen molar-refractivity contribution >= 4 is 45.8 Å². The molecule has 0 bridgehead atoms. The van der Waals surface area contributed by atoms with E-state index in [9.17, 15) is 4.79 Å². The minimum Gasteiger partial charge on any atom is -0.352 e. The lowest BCUT2D eigenvalue weighted by Gasteiger charge is -2.35. The van der Waals surface area contributed by atoms with Crippen molar-refractivity contribution < 1.29 is 4.79 Å². The van der Waals surface area contributed by atoms with Gasteiger partial charge in [-0.2, -0.15) is 0 Å². The topological polar surface area (TPSA) is 49.3 Å². The zero-order valence-corrected chi connectivity index (χ0v) is 16.3. The van der Waals surface area contributed by atoms with Gasteiger partial charge in [0.2, 0.25) is 5.91 Å². The second kappa shape index (κ2) is 7.33. The third-order valence-corrected chi connectivity index (χ3v) is 5.34. The molecule has 1 aliphatic rings. The Bertz CT molecular complexity index is 1020. The van der Waals surface area contributed by atoms with Crippen LogP contribution in [0.5, 0.6) is 0 Å². The fraction of sp³-hybridized carbons (Fsp3) is 0.250. The van der Waals surface area contributed by atoms with Gasteiger partial charge >= 0.3 is 0 Å². The number of hydrogen-bond acceptors (Lipinski definition) is 4. The van der Waals surface area contributed by atoms with Gasteiger partial charge in [-0.15, -0.1) is 0 Å². The number of carbonyl (C=O) groups excluding carboxylic acids is 1. The lowest BCUT2D eigenvalue weighted by atomic mass is 10.1. The summed E-state index contributed by atoms with van der Waals surface area (Å²) in [6, 6.07) is 13.2. The quantitative estimate of drug-likeness (QED) is 0.644. The van der Waals surface area contributed by atoms with E-state index in [-0.39, 0.29) is 5.91 Å². The van der Waals surface area contributed by atoms with Crippen molar-refractivity contribution in [1.82, 2.24) is 14.9 Å². The molecule has 0 spiro atoms. The van der Waals surface area contributed by atoms with Crippen LogP contribution in [0.15, 0.2) is 42.5 Å². The van der Waals surface area contributed by atoms with Crippen LogP contribution in [-0.4, -0.2) is 47.0 Å². The fourth-order valence-corrected chi connectivity index (χ4v) is 3.71. The molecule has 0 unspecified atom stereocenters. The number of rotatable bonds is 2. The van der Waals surface area contributed by atoms with Gasteiger partial charge in [-0.25, -0.2) is 9.97 Å². The lowest BCUT2D eigenvalue weighted by Crippen LogP contribution is -2.48. The van der Waals surface area contributed by atoms with Gasteiger partial charge in [-0.1, -0.05) is 35.3 Å². The summed E-state index contributed by atoms with van der Waals surface area (Å²) in [5.41, 5.74) is 1.56. The number of halogens is 2. The first-order valence-corrected chi connectivity index (χ1v) is 9.51. The molecule has 2 heterocycles. The van der Waals surface area contributed by atoms with Crippen molar-refractivity contribution in [3.05, 3.63) is 52.5 Å². The SMILES string of the molecule is CC(=O)N1CCN(c2nc(-c3ccccc3Cl)nc3cc(Cl)ccc23)CC1. The number of aromatic nitrogens is 2. The molecule has 138 valence electrons. The summed E-state index contributed by atoms with van der Waals surface area (Å²) >= 11 is 12.6. The smallest absolute Gasteiger partial charge is 0.219 e. The van der Waals surface area contributed by atoms with Crippen molar-refractivity contribution in [3.8, 4) is 11.4 Å². The van der Waals surface area contributed by atoms with E-state index >= 15 is 0 Å². The van der Waals surface area contributed by atoms with Crippen LogP contribution in [0.25, 0.3) is 22.3 Å². The maximum absolute atomic E-state index is 11.6. The highest BCUT2D eigenvalue weighted by molar-refractivity contribution is 6.33. The Morgan fingerprint density at radius 2 is 1.74 bits per heavy atom. The highest BCUT2D eigenvalue weighted by Crippen LogP contribution is 2.32. The van der Waals surface area contributed by atoms with E-state index in [4.69, 9.17) is 33.2 Å². The van der Waals surface area contributed by atoms with Gasteiger partial charge in [-0.3, -0.25) is 4.79 Å². The highest BCUT2D eigenvalue weighted by atomic mass is 35.5. The van der Waals surface area contributed by atoms with Crippen LogP contribution >= 0.6 is 23.2 Å². The van der Waals surface area contributed by atoms with Crippen LogP contribution in [0.3, 0.4) is 0 Å². The van der Waals surface area contributed by atoms with E-state index < -0.39 is 0 Å². The third kappa shape index (κ3) is 3.57. The van der Waals surface area contributed by atoms with Gasteiger partial charge in [0.25, 0.3) is 0 Å². The number of hydrogen-bond donors (Lipinski definition) is 0. The normalized spacial score (nSPS) is 14.6. The predicted octanol–water partition coefficient (Wildman–Crippen LogP) is 4.27. The molecule has 0 saturated carbocycles. The molecule has 0 N–H and O–H groups in total. The van der Waals surface area contributed by atoms with Gasteiger partial charge in [0.05, 0.1) is 10.5 Å². The van der Waals surface area contributed by atoms with Crippen molar-refractivity contribution in [2.45, 2.75) is 6.92 Å². The van der Waals surface area contributed by atoms with Crippen molar-refractivity contribution in [2.75, 3.05) is 31.1 Å². The van der Waals surface area contributed by atoms with Crippen LogP contribution in [0, 0.1) is 0 Å². The Hall–Kier alpha value is -2.37. The third-order valence-electron chi connectivity index (χ3n) is 4.78. The molecule has 5 nitrogen and oxygen atoms in total. The number of nitrogens with zero attached hydrogens (tertiary/aromatic N) is 4. The molecule has 1 saturated heterocycles. The van der Waals surface area contributed by atoms with E-state index in [0.29, 0.717) is 29.0 Å². The molecule has 1 aromatic heterocycles. The molecule has 3 aromatic rings. The molecular formula is C20H18Cl2N4O. The van der Waals surface area contributed by atoms with Crippen molar-refractivity contribution in [1.29, 1.82) is 0 Å². The first-order valence-electron chi connectivity index (χ1n) is 8.75. The highest BCUT2D eigenvalue weighted by Gasteiger charge is 2.22. The fourth-order valence-electron chi connectivity index (χ4n) is 3.32. The van der Waals surface area contributed by atoms with Crippen LogP contribution in [-0.2, 0) is 4.79 Å². The van der Waals surface area contributed by atoms with Crippen LogP contribution in [0.2, 0.25) is 10.0 Å². The molecule has 0 radical (unpaired) electrons. The Morgan fingerprint density at radius 1 is 1.00 bits per heavy atom. The molecule has 2 aromatic carbocycles. The number of fused-ring (bicyclic) bond motifs is 1. The molecule has 4 rings (SSSR count). The standard InChI is InChI=1S/C20H18Cl2N4O/c1-13(27)25-8-10-26(11-9-25)20-16-7-6-14(21)12-18(16)23-19(24-20)15-4-2-3-5-17(15)22/h2-7,12H,8-11H2,1H3. The lowest BCUT2D eigenvalue weighted by molar-refractivity contribution is -0.129. The first kappa shape index (κ1) is 18.0. The van der Waals surface area contributed by atoms with E-state index in [1.54, 1.807) is 6.92 Å². The minimum absolute atomic E-state index is 0.103. The number of carbonyl (C=O) groups is 1. The zero-order valence-electron chi connectivity index (χ0n) is 14.8. The molecule has 1 amide bonds. The van der Waals surface area contributed by atoms with E-state index in [1.165, 1.54) is 0 Å². The van der Waals surface area contributed by atoms with Crippen LogP contribution in [0.1, 0.15) is 6.92 Å². The summed E-state index contributed by atoms with van der Waals surface area (Å²) in [6.07, 6.45) is 0. The van der Waals surface area contributed by atoms with E-state index in [2.05, 4.69) is 4.90 Å². The summed E-state index contributed by atoms with van der Waals surface area (Å²) in [5.74, 6) is 1.51. The van der Waals surface area contributed by atoms with E-state index in [0.717, 1.165) is 35.4 Å². The molecule has 1 aliphatic heterocycles. The Kier molecular flexibility index (Phi) is 4.89. The summed E-state index contributed by atoms with van der Waals surface area (Å²) < 4.78 is 0. The number of amides is 1. The van der Waals surface area contributed by atoms with Gasteiger partial charge in [0.15, 0.2) is 5.82 Å². The summed E-state index contributed by atoms with van der Waals surface area (Å²) in [7, 11) is 0. The van der Waals surface area contributed by atoms with Gasteiger partial charge in [0, 0.05) is 49.1 Å². The Labute approximate surface area is 167 Å². The van der Waals surface area contributed by atoms with Gasteiger partial charge in [0.1, 0.15) is 5.82 Å². The molecule has 1 fully saturated rings. The second-order valence-electron chi connectivity index (χ2n) is 6.51. The first-order chi connectivity index (χ1) is 13.0. The molecule has 0 aliphatic carbocycles. The monoisotopic (exact) mass is 400 g/mol. The average Bonchev–Trinajstić information content (AvgIpc) is 2.67. The van der Waals surface area contributed by atoms with Gasteiger partial charge in [-0.05, 0) is 30.3 Å². The number of piperazine rings is 1. The van der Waals surface area contributed by atoms with Gasteiger partial charge < -0.3 is 9.80 Å². The molecule has 0 atom stereocenters. The van der Waals surface area contributed by atoms with E-state index in [1.807, 2.05) is 47.4 Å². The minimum atomic E-state index is 0.103. The summed E-state index contributed by atoms with van der Waals surface area (Å²) in [5, 5.41) is 2.16. The predicted molar refractivity (Wildman–Crippen MR) is 109 cm³/mol. The van der Waals surface area contributed by atoms with Crippen molar-refractivity contribution in [3.63, 3.8) is 0 Å². The summed E-state index contributed by atoms with van der Waals surface area (Å²) in [4.78, 5) is 25.2. The maximum Gasteiger partial charge on any atom is 0.219 e. The average molecular weight is 401 g/mol. The van der Waals surface area contributed by atoms with Crippen LogP contribution in [0.4, 0.5) is 5.82 Å². The van der Waals surface area contributed by atoms with Crippen molar-refractivity contribution in [2.24, 2.45) is 0 Å². The Morgan fingerprint density at radius 3 is 2.44 bits per heavy atom. The summed E-state index contributed by atoms with van der Waals surface area (Å²) in [6.45, 7) is 4.39. The number of benzene rings is 2. The molecule has 27 heavy (non-hydrogen) atoms. The molecule has 7 heteroatoms. The molecular weight excluding hydrogens is 383 g/mol. The zero-order chi connectivity index (χ0) is 19.0. The largest absolute Gasteiger partial charge is 0.352 e. The Balaban J connectivity index is 1.81. The van der Waals surface area contributed by atoms with Crippen LogP contribution < -0.4 is 4.90 Å². The number of anilines is 1.